The van der Waals surface area contributed by atoms with E-state index in [0.29, 0.717) is 12.0 Å². The molecule has 0 bridgehead atoms. The van der Waals surface area contributed by atoms with E-state index < -0.39 is 12.0 Å². The van der Waals surface area contributed by atoms with Gasteiger partial charge in [0.15, 0.2) is 0 Å². The van der Waals surface area contributed by atoms with Crippen LogP contribution in [0.4, 0.5) is 5.82 Å². The number of anilines is 1. The van der Waals surface area contributed by atoms with Crippen LogP contribution in [0.25, 0.3) is 10.4 Å². The number of benzene rings is 1. The van der Waals surface area contributed by atoms with Crippen LogP contribution in [0, 0.1) is 0 Å². The molecule has 0 spiro atoms. The molecular formula is C27H32N4O3S. The van der Waals surface area contributed by atoms with Crippen LogP contribution in [0.3, 0.4) is 0 Å². The van der Waals surface area contributed by atoms with Gasteiger partial charge in [0.25, 0.3) is 5.91 Å². The molecule has 3 aromatic rings. The fourth-order valence-electron chi connectivity index (χ4n) is 4.36. The number of aryl methyl sites for hydroxylation is 2. The van der Waals surface area contributed by atoms with Gasteiger partial charge in [0, 0.05) is 24.0 Å². The van der Waals surface area contributed by atoms with E-state index in [-0.39, 0.29) is 5.91 Å². The number of nitrogens with zero attached hydrogens (tertiary/aromatic N) is 2. The number of carboxylic acids is 1. The normalized spacial score (nSPS) is 13.5. The van der Waals surface area contributed by atoms with Crippen molar-refractivity contribution in [3.63, 3.8) is 0 Å². The van der Waals surface area contributed by atoms with Gasteiger partial charge in [-0.1, -0.05) is 43.9 Å². The average molecular weight is 493 g/mol. The van der Waals surface area contributed by atoms with Gasteiger partial charge in [-0.05, 0) is 61.4 Å². The second-order valence-electron chi connectivity index (χ2n) is 8.96. The molecule has 1 unspecified atom stereocenters. The van der Waals surface area contributed by atoms with Crippen molar-refractivity contribution in [3.05, 3.63) is 64.9 Å². The summed E-state index contributed by atoms with van der Waals surface area (Å²) in [7, 11) is 0. The SMILES string of the molecule is O=C(NC(CCCCCCCc1ccc2c(n1)NCCC2)C(=O)O)c1cccc(-c2cncs2)c1. The third kappa shape index (κ3) is 7.11. The first-order valence-corrected chi connectivity index (χ1v) is 13.2. The van der Waals surface area contributed by atoms with Crippen LogP contribution in [0.5, 0.6) is 0 Å². The summed E-state index contributed by atoms with van der Waals surface area (Å²) in [4.78, 5) is 34.2. The largest absolute Gasteiger partial charge is 0.480 e. The molecule has 35 heavy (non-hydrogen) atoms. The summed E-state index contributed by atoms with van der Waals surface area (Å²) in [5.74, 6) is -0.314. The van der Waals surface area contributed by atoms with E-state index in [0.717, 1.165) is 73.4 Å². The summed E-state index contributed by atoms with van der Waals surface area (Å²) in [5.41, 5.74) is 5.53. The van der Waals surface area contributed by atoms with Crippen molar-refractivity contribution >= 4 is 29.0 Å². The number of carbonyl (C=O) groups is 2. The topological polar surface area (TPSA) is 104 Å². The summed E-state index contributed by atoms with van der Waals surface area (Å²) in [6.45, 7) is 1.00. The Morgan fingerprint density at radius 2 is 1.97 bits per heavy atom. The maximum atomic E-state index is 12.7. The summed E-state index contributed by atoms with van der Waals surface area (Å²) in [6, 6.07) is 10.6. The monoisotopic (exact) mass is 492 g/mol. The van der Waals surface area contributed by atoms with Crippen LogP contribution < -0.4 is 10.6 Å². The van der Waals surface area contributed by atoms with Crippen LogP contribution in [0.1, 0.15) is 66.6 Å². The minimum atomic E-state index is -0.996. The van der Waals surface area contributed by atoms with Crippen molar-refractivity contribution in [2.45, 2.75) is 63.8 Å². The smallest absolute Gasteiger partial charge is 0.326 e. The van der Waals surface area contributed by atoms with Crippen molar-refractivity contribution in [1.82, 2.24) is 15.3 Å². The second-order valence-corrected chi connectivity index (χ2v) is 9.84. The van der Waals surface area contributed by atoms with E-state index in [1.54, 1.807) is 29.9 Å². The molecule has 3 N–H and O–H groups in total. The Bertz CT molecular complexity index is 1130. The lowest BCUT2D eigenvalue weighted by molar-refractivity contribution is -0.139. The van der Waals surface area contributed by atoms with Gasteiger partial charge in [-0.2, -0.15) is 0 Å². The van der Waals surface area contributed by atoms with E-state index in [2.05, 4.69) is 27.8 Å². The lowest BCUT2D eigenvalue weighted by Crippen LogP contribution is -2.40. The highest BCUT2D eigenvalue weighted by Crippen LogP contribution is 2.24. The van der Waals surface area contributed by atoms with E-state index in [9.17, 15) is 14.7 Å². The highest BCUT2D eigenvalue weighted by molar-refractivity contribution is 7.13. The predicted molar refractivity (Wildman–Crippen MR) is 139 cm³/mol. The van der Waals surface area contributed by atoms with Gasteiger partial charge < -0.3 is 15.7 Å². The Hall–Kier alpha value is -3.26. The molecule has 1 aromatic carbocycles. The number of aliphatic carboxylic acids is 1. The van der Waals surface area contributed by atoms with Gasteiger partial charge >= 0.3 is 5.97 Å². The summed E-state index contributed by atoms with van der Waals surface area (Å²) < 4.78 is 0. The average Bonchev–Trinajstić information content (AvgIpc) is 3.42. The number of unbranched alkanes of at least 4 members (excludes halogenated alkanes) is 4. The minimum Gasteiger partial charge on any atom is -0.480 e. The summed E-state index contributed by atoms with van der Waals surface area (Å²) >= 11 is 1.50. The molecule has 7 nitrogen and oxygen atoms in total. The number of aromatic nitrogens is 2. The predicted octanol–water partition coefficient (Wildman–Crippen LogP) is 5.33. The van der Waals surface area contributed by atoms with Crippen LogP contribution in [0.2, 0.25) is 0 Å². The van der Waals surface area contributed by atoms with Crippen LogP contribution in [-0.2, 0) is 17.6 Å². The molecular weight excluding hydrogens is 460 g/mol. The van der Waals surface area contributed by atoms with E-state index >= 15 is 0 Å². The van der Waals surface area contributed by atoms with Crippen molar-refractivity contribution in [1.29, 1.82) is 0 Å². The molecule has 0 saturated carbocycles. The highest BCUT2D eigenvalue weighted by atomic mass is 32.1. The number of hydrogen-bond donors (Lipinski definition) is 3. The van der Waals surface area contributed by atoms with Gasteiger partial charge in [-0.15, -0.1) is 11.3 Å². The number of fused-ring (bicyclic) bond motifs is 1. The standard InChI is InChI=1S/C27H32N4O3S/c32-26(21-9-6-8-20(16-21)24-17-28-18-35-24)31-23(27(33)34)12-5-3-1-2-4-11-22-14-13-19-10-7-15-29-25(19)30-22/h6,8-9,13-14,16-18,23H,1-5,7,10-12,15H2,(H,29,30)(H,31,32)(H,33,34). The third-order valence-electron chi connectivity index (χ3n) is 6.32. The lowest BCUT2D eigenvalue weighted by Gasteiger charge is -2.17. The summed E-state index contributed by atoms with van der Waals surface area (Å²) in [5, 5.41) is 15.7. The molecule has 0 aliphatic carbocycles. The van der Waals surface area contributed by atoms with Gasteiger partial charge in [-0.25, -0.2) is 9.78 Å². The zero-order chi connectivity index (χ0) is 24.5. The van der Waals surface area contributed by atoms with Crippen molar-refractivity contribution in [3.8, 4) is 10.4 Å². The van der Waals surface area contributed by atoms with Crippen molar-refractivity contribution < 1.29 is 14.7 Å². The number of nitrogens with one attached hydrogen (secondary N) is 2. The number of thiazole rings is 1. The maximum Gasteiger partial charge on any atom is 0.326 e. The number of pyridine rings is 1. The van der Waals surface area contributed by atoms with Gasteiger partial charge in [0.1, 0.15) is 11.9 Å². The third-order valence-corrected chi connectivity index (χ3v) is 7.14. The van der Waals surface area contributed by atoms with E-state index in [1.807, 2.05) is 6.07 Å². The van der Waals surface area contributed by atoms with Crippen LogP contribution in [-0.4, -0.2) is 39.5 Å². The quantitative estimate of drug-likeness (QED) is 0.295. The first kappa shape index (κ1) is 24.9. The highest BCUT2D eigenvalue weighted by Gasteiger charge is 2.20. The molecule has 1 atom stereocenters. The molecule has 4 rings (SSSR count). The van der Waals surface area contributed by atoms with E-state index in [1.165, 1.54) is 23.3 Å². The Labute approximate surface area is 210 Å². The number of amides is 1. The lowest BCUT2D eigenvalue weighted by atomic mass is 10.0. The van der Waals surface area contributed by atoms with Crippen LogP contribution in [0.15, 0.2) is 48.1 Å². The molecule has 184 valence electrons. The molecule has 1 amide bonds. The maximum absolute atomic E-state index is 12.7. The minimum absolute atomic E-state index is 0.365. The zero-order valence-electron chi connectivity index (χ0n) is 19.8. The number of rotatable bonds is 12. The Kier molecular flexibility index (Phi) is 8.84. The van der Waals surface area contributed by atoms with Gasteiger partial charge in [0.2, 0.25) is 0 Å². The van der Waals surface area contributed by atoms with Gasteiger partial charge in [-0.3, -0.25) is 9.78 Å². The Balaban J connectivity index is 1.17. The van der Waals surface area contributed by atoms with Gasteiger partial charge in [0.05, 0.1) is 10.4 Å². The molecule has 0 radical (unpaired) electrons. The van der Waals surface area contributed by atoms with Crippen molar-refractivity contribution in [2.24, 2.45) is 0 Å². The number of hydrogen-bond acceptors (Lipinski definition) is 6. The molecule has 0 fully saturated rings. The Morgan fingerprint density at radius 3 is 2.80 bits per heavy atom. The molecule has 2 aromatic heterocycles. The molecule has 8 heteroatoms. The fourth-order valence-corrected chi connectivity index (χ4v) is 4.98. The van der Waals surface area contributed by atoms with E-state index in [4.69, 9.17) is 4.98 Å². The second kappa shape index (κ2) is 12.4. The summed E-state index contributed by atoms with van der Waals surface area (Å²) in [6.07, 6.45) is 10.3. The molecule has 1 aliphatic heterocycles. The Morgan fingerprint density at radius 1 is 1.11 bits per heavy atom. The zero-order valence-corrected chi connectivity index (χ0v) is 20.7. The van der Waals surface area contributed by atoms with Crippen molar-refractivity contribution in [2.75, 3.05) is 11.9 Å². The number of carbonyl (C=O) groups excluding carboxylic acids is 1. The molecule has 1 aliphatic rings. The molecule has 0 saturated heterocycles. The number of carboxylic acid groups (broad SMARTS) is 1. The molecule has 3 heterocycles. The fraction of sp³-hybridized carbons (Fsp3) is 0.407. The first-order chi connectivity index (χ1) is 17.1. The first-order valence-electron chi connectivity index (χ1n) is 12.4. The van der Waals surface area contributed by atoms with Crippen LogP contribution >= 0.6 is 11.3 Å².